The molecule has 1 aliphatic carbocycles. The maximum absolute atomic E-state index is 11.9. The fraction of sp³-hybridized carbons (Fsp3) is 0.533. The Balaban J connectivity index is 1.80. The molecular formula is C15H22N2O2. The minimum atomic E-state index is -0.0585. The number of amides is 1. The molecule has 0 heterocycles. The number of nitrogens with one attached hydrogen (secondary N) is 1. The molecule has 1 aliphatic rings. The van der Waals surface area contributed by atoms with Gasteiger partial charge in [0.1, 0.15) is 5.75 Å². The summed E-state index contributed by atoms with van der Waals surface area (Å²) in [4.78, 5) is 11.9. The van der Waals surface area contributed by atoms with Gasteiger partial charge in [-0.05, 0) is 42.5 Å². The standard InChI is InChI=1S/C15H22N2O2/c1-15(2)9-3-4-13(15)17-14(18)10-19-12-7-5-11(16)6-8-12/h5-8,13H,3-4,9-10,16H2,1-2H3,(H,17,18). The average Bonchev–Trinajstić information content (AvgIpc) is 2.68. The fourth-order valence-electron chi connectivity index (χ4n) is 2.54. The van der Waals surface area contributed by atoms with E-state index in [1.165, 1.54) is 6.42 Å². The van der Waals surface area contributed by atoms with Crippen LogP contribution in [0.4, 0.5) is 5.69 Å². The van der Waals surface area contributed by atoms with Gasteiger partial charge in [0.25, 0.3) is 5.91 Å². The van der Waals surface area contributed by atoms with Gasteiger partial charge in [-0.25, -0.2) is 0 Å². The number of hydrogen-bond donors (Lipinski definition) is 2. The van der Waals surface area contributed by atoms with Gasteiger partial charge in [0.15, 0.2) is 6.61 Å². The van der Waals surface area contributed by atoms with Crippen LogP contribution in [0, 0.1) is 5.41 Å². The van der Waals surface area contributed by atoms with Crippen LogP contribution < -0.4 is 15.8 Å². The Labute approximate surface area is 114 Å². The Hall–Kier alpha value is -1.71. The Morgan fingerprint density at radius 1 is 1.42 bits per heavy atom. The van der Waals surface area contributed by atoms with Crippen molar-refractivity contribution < 1.29 is 9.53 Å². The quantitative estimate of drug-likeness (QED) is 0.819. The fourth-order valence-corrected chi connectivity index (χ4v) is 2.54. The second-order valence-corrected chi connectivity index (χ2v) is 5.86. The van der Waals surface area contributed by atoms with E-state index in [0.29, 0.717) is 11.4 Å². The molecule has 3 N–H and O–H groups in total. The first-order valence-corrected chi connectivity index (χ1v) is 6.75. The monoisotopic (exact) mass is 262 g/mol. The first kappa shape index (κ1) is 13.7. The molecule has 1 unspecified atom stereocenters. The number of rotatable bonds is 4. The number of hydrogen-bond acceptors (Lipinski definition) is 3. The minimum Gasteiger partial charge on any atom is -0.484 e. The molecule has 0 radical (unpaired) electrons. The Morgan fingerprint density at radius 3 is 2.68 bits per heavy atom. The second kappa shape index (κ2) is 5.51. The summed E-state index contributed by atoms with van der Waals surface area (Å²) in [6.45, 7) is 4.45. The lowest BCUT2D eigenvalue weighted by Gasteiger charge is -2.27. The van der Waals surface area contributed by atoms with Crippen molar-refractivity contribution in [2.75, 3.05) is 12.3 Å². The molecular weight excluding hydrogens is 240 g/mol. The largest absolute Gasteiger partial charge is 0.484 e. The third-order valence-electron chi connectivity index (χ3n) is 3.84. The van der Waals surface area contributed by atoms with E-state index in [0.717, 1.165) is 12.8 Å². The predicted molar refractivity (Wildman–Crippen MR) is 75.9 cm³/mol. The maximum atomic E-state index is 11.9. The number of carbonyl (C=O) groups excluding carboxylic acids is 1. The molecule has 104 valence electrons. The summed E-state index contributed by atoms with van der Waals surface area (Å²) in [5.74, 6) is 0.604. The van der Waals surface area contributed by atoms with Gasteiger partial charge in [0, 0.05) is 11.7 Å². The van der Waals surface area contributed by atoms with Crippen LogP contribution in [0.2, 0.25) is 0 Å². The summed E-state index contributed by atoms with van der Waals surface area (Å²) >= 11 is 0. The Morgan fingerprint density at radius 2 is 2.11 bits per heavy atom. The van der Waals surface area contributed by atoms with Gasteiger partial charge < -0.3 is 15.8 Å². The average molecular weight is 262 g/mol. The number of nitrogens with two attached hydrogens (primary N) is 1. The number of anilines is 1. The number of ether oxygens (including phenoxy) is 1. The van der Waals surface area contributed by atoms with E-state index in [4.69, 9.17) is 10.5 Å². The van der Waals surface area contributed by atoms with E-state index in [1.54, 1.807) is 24.3 Å². The molecule has 0 aliphatic heterocycles. The highest BCUT2D eigenvalue weighted by molar-refractivity contribution is 5.78. The second-order valence-electron chi connectivity index (χ2n) is 5.86. The van der Waals surface area contributed by atoms with E-state index in [2.05, 4.69) is 19.2 Å². The molecule has 0 spiro atoms. The molecule has 0 aromatic heterocycles. The summed E-state index contributed by atoms with van der Waals surface area (Å²) in [6.07, 6.45) is 3.40. The predicted octanol–water partition coefficient (Wildman–Crippen LogP) is 2.34. The number of carbonyl (C=O) groups is 1. The SMILES string of the molecule is CC1(C)CCCC1NC(=O)COc1ccc(N)cc1. The summed E-state index contributed by atoms with van der Waals surface area (Å²) in [5, 5.41) is 3.06. The third kappa shape index (κ3) is 3.63. The van der Waals surface area contributed by atoms with Crippen molar-refractivity contribution in [3.05, 3.63) is 24.3 Å². The zero-order chi connectivity index (χ0) is 13.9. The van der Waals surface area contributed by atoms with Crippen molar-refractivity contribution in [2.45, 2.75) is 39.2 Å². The lowest BCUT2D eigenvalue weighted by Crippen LogP contribution is -2.43. The number of nitrogen functional groups attached to an aromatic ring is 1. The van der Waals surface area contributed by atoms with E-state index < -0.39 is 0 Å². The lowest BCUT2D eigenvalue weighted by atomic mass is 9.87. The molecule has 0 saturated heterocycles. The van der Waals surface area contributed by atoms with Gasteiger partial charge >= 0.3 is 0 Å². The van der Waals surface area contributed by atoms with Gasteiger partial charge in [-0.1, -0.05) is 20.3 Å². The third-order valence-corrected chi connectivity index (χ3v) is 3.84. The van der Waals surface area contributed by atoms with Crippen molar-refractivity contribution in [2.24, 2.45) is 5.41 Å². The van der Waals surface area contributed by atoms with Gasteiger partial charge in [-0.15, -0.1) is 0 Å². The minimum absolute atomic E-state index is 0.0521. The molecule has 1 amide bonds. The van der Waals surface area contributed by atoms with Crippen LogP contribution >= 0.6 is 0 Å². The van der Waals surface area contributed by atoms with Gasteiger partial charge in [0.2, 0.25) is 0 Å². The van der Waals surface area contributed by atoms with Crippen molar-refractivity contribution in [3.8, 4) is 5.75 Å². The first-order valence-electron chi connectivity index (χ1n) is 6.75. The molecule has 1 saturated carbocycles. The molecule has 4 heteroatoms. The molecule has 1 atom stereocenters. The van der Waals surface area contributed by atoms with Crippen LogP contribution in [-0.4, -0.2) is 18.6 Å². The Kier molecular flexibility index (Phi) is 3.98. The summed E-state index contributed by atoms with van der Waals surface area (Å²) in [6, 6.07) is 7.31. The molecule has 19 heavy (non-hydrogen) atoms. The zero-order valence-corrected chi connectivity index (χ0v) is 11.6. The van der Waals surface area contributed by atoms with Crippen molar-refractivity contribution in [1.82, 2.24) is 5.32 Å². The van der Waals surface area contributed by atoms with E-state index in [9.17, 15) is 4.79 Å². The summed E-state index contributed by atoms with van der Waals surface area (Å²) in [5.41, 5.74) is 6.46. The summed E-state index contributed by atoms with van der Waals surface area (Å²) in [7, 11) is 0. The highest BCUT2D eigenvalue weighted by Crippen LogP contribution is 2.37. The number of benzene rings is 1. The van der Waals surface area contributed by atoms with E-state index >= 15 is 0 Å². The molecule has 1 fully saturated rings. The highest BCUT2D eigenvalue weighted by Gasteiger charge is 2.35. The van der Waals surface area contributed by atoms with Crippen LogP contribution in [-0.2, 0) is 4.79 Å². The van der Waals surface area contributed by atoms with E-state index in [-0.39, 0.29) is 24.0 Å². The topological polar surface area (TPSA) is 64.3 Å². The lowest BCUT2D eigenvalue weighted by molar-refractivity contribution is -0.124. The van der Waals surface area contributed by atoms with Crippen molar-refractivity contribution >= 4 is 11.6 Å². The molecule has 1 aromatic carbocycles. The van der Waals surface area contributed by atoms with Gasteiger partial charge in [0.05, 0.1) is 0 Å². The highest BCUT2D eigenvalue weighted by atomic mass is 16.5. The molecule has 4 nitrogen and oxygen atoms in total. The van der Waals surface area contributed by atoms with Crippen molar-refractivity contribution in [3.63, 3.8) is 0 Å². The van der Waals surface area contributed by atoms with Crippen LogP contribution in [0.15, 0.2) is 24.3 Å². The molecule has 2 rings (SSSR count). The maximum Gasteiger partial charge on any atom is 0.258 e. The van der Waals surface area contributed by atoms with Crippen LogP contribution in [0.1, 0.15) is 33.1 Å². The first-order chi connectivity index (χ1) is 8.97. The normalized spacial score (nSPS) is 21.1. The van der Waals surface area contributed by atoms with Crippen LogP contribution in [0.5, 0.6) is 5.75 Å². The summed E-state index contributed by atoms with van der Waals surface area (Å²) < 4.78 is 5.43. The van der Waals surface area contributed by atoms with Crippen LogP contribution in [0.3, 0.4) is 0 Å². The van der Waals surface area contributed by atoms with Gasteiger partial charge in [-0.3, -0.25) is 4.79 Å². The van der Waals surface area contributed by atoms with E-state index in [1.807, 2.05) is 0 Å². The van der Waals surface area contributed by atoms with Crippen molar-refractivity contribution in [1.29, 1.82) is 0 Å². The zero-order valence-electron chi connectivity index (χ0n) is 11.6. The molecule has 0 bridgehead atoms. The van der Waals surface area contributed by atoms with Crippen LogP contribution in [0.25, 0.3) is 0 Å². The smallest absolute Gasteiger partial charge is 0.258 e. The molecule has 1 aromatic rings. The van der Waals surface area contributed by atoms with Gasteiger partial charge in [-0.2, -0.15) is 0 Å². The Bertz CT molecular complexity index is 440.